The zero-order valence-electron chi connectivity index (χ0n) is 6.72. The summed E-state index contributed by atoms with van der Waals surface area (Å²) in [6, 6.07) is 0. The fourth-order valence-corrected chi connectivity index (χ4v) is 0.436. The summed E-state index contributed by atoms with van der Waals surface area (Å²) in [7, 11) is 0. The predicted molar refractivity (Wildman–Crippen MR) is 36.1 cm³/mol. The summed E-state index contributed by atoms with van der Waals surface area (Å²) in [5.41, 5.74) is 13.2. The van der Waals surface area contributed by atoms with Crippen LogP contribution in [0.4, 0.5) is 0 Å². The lowest BCUT2D eigenvalue weighted by Gasteiger charge is -2.26. The molecule has 1 fully saturated rings. The maximum absolute atomic E-state index is 5.00. The molecule has 0 spiro atoms. The van der Waals surface area contributed by atoms with Gasteiger partial charge in [0.1, 0.15) is 5.72 Å². The smallest absolute Gasteiger partial charge is 0.150 e. The zero-order valence-corrected chi connectivity index (χ0v) is 6.72. The van der Waals surface area contributed by atoms with Crippen LogP contribution in [-0.4, -0.2) is 5.72 Å². The molecule has 0 atom stereocenters. The number of hydrazine groups is 3. The van der Waals surface area contributed by atoms with Crippen LogP contribution in [-0.2, 0) is 14.7 Å². The molecule has 0 aliphatic carbocycles. The van der Waals surface area contributed by atoms with Gasteiger partial charge in [0, 0.05) is 0 Å². The molecule has 1 rings (SSSR count). The van der Waals surface area contributed by atoms with Gasteiger partial charge in [-0.2, -0.15) is 9.88 Å². The second-order valence-corrected chi connectivity index (χ2v) is 2.45. The second-order valence-electron chi connectivity index (χ2n) is 2.45. The normalized spacial score (nSPS) is 26.5. The Balaban J connectivity index is 2.27. The van der Waals surface area contributed by atoms with Crippen LogP contribution in [0.2, 0.25) is 0 Å². The monoisotopic (exact) mass is 180 g/mol. The van der Waals surface area contributed by atoms with Crippen LogP contribution in [0.5, 0.6) is 0 Å². The molecule has 12 heavy (non-hydrogen) atoms. The molecule has 0 aromatic rings. The lowest BCUT2D eigenvalue weighted by molar-refractivity contribution is -0.271. The molecule has 0 aromatic heterocycles. The van der Waals surface area contributed by atoms with Crippen molar-refractivity contribution in [3.8, 4) is 0 Å². The number of hydrogen-bond acceptors (Lipinski definition) is 9. The van der Waals surface area contributed by atoms with Gasteiger partial charge in [0.25, 0.3) is 0 Å². The minimum Gasteiger partial charge on any atom is -0.262 e. The molecule has 0 saturated carbocycles. The topological polar surface area (TPSA) is 99.9 Å². The van der Waals surface area contributed by atoms with Gasteiger partial charge < -0.3 is 0 Å². The summed E-state index contributed by atoms with van der Waals surface area (Å²) in [5.74, 6) is 0. The Morgan fingerprint density at radius 1 is 0.833 bits per heavy atom. The van der Waals surface area contributed by atoms with Gasteiger partial charge in [0.15, 0.2) is 0 Å². The first kappa shape index (κ1) is 9.73. The molecule has 72 valence electrons. The highest BCUT2D eigenvalue weighted by atomic mass is 17.0. The SMILES string of the molecule is CC1(C)NNONNONNO1. The minimum atomic E-state index is -0.671. The maximum atomic E-state index is 5.00. The fourth-order valence-electron chi connectivity index (χ4n) is 0.436. The van der Waals surface area contributed by atoms with Crippen LogP contribution in [0.25, 0.3) is 0 Å². The Bertz CT molecular complexity index is 119. The van der Waals surface area contributed by atoms with Crippen molar-refractivity contribution in [2.45, 2.75) is 19.6 Å². The van der Waals surface area contributed by atoms with E-state index in [1.54, 1.807) is 13.8 Å². The Hall–Kier alpha value is -0.360. The van der Waals surface area contributed by atoms with Gasteiger partial charge >= 0.3 is 0 Å². The van der Waals surface area contributed by atoms with E-state index in [2.05, 4.69) is 43.2 Å². The molecule has 1 aliphatic heterocycles. The highest BCUT2D eigenvalue weighted by Crippen LogP contribution is 1.98. The Kier molecular flexibility index (Phi) is 3.74. The molecule has 1 aliphatic rings. The van der Waals surface area contributed by atoms with E-state index in [1.165, 1.54) is 0 Å². The number of hydrogen-bond donors (Lipinski definition) is 6. The van der Waals surface area contributed by atoms with E-state index in [9.17, 15) is 0 Å². The van der Waals surface area contributed by atoms with E-state index in [0.717, 1.165) is 0 Å². The molecule has 1 heterocycles. The standard InChI is InChI=1S/C3H12N6O3/c1-3(2)4-5-11-8-9-12-7-6-10-3/h4-9H,1-2H3. The summed E-state index contributed by atoms with van der Waals surface area (Å²) in [6.07, 6.45) is 0. The van der Waals surface area contributed by atoms with Gasteiger partial charge in [-0.15, -0.1) is 11.2 Å². The summed E-state index contributed by atoms with van der Waals surface area (Å²) in [4.78, 5) is 14.0. The summed E-state index contributed by atoms with van der Waals surface area (Å²) >= 11 is 0. The van der Waals surface area contributed by atoms with Crippen molar-refractivity contribution in [2.24, 2.45) is 0 Å². The van der Waals surface area contributed by atoms with Crippen molar-refractivity contribution >= 4 is 0 Å². The quantitative estimate of drug-likeness (QED) is 0.244. The summed E-state index contributed by atoms with van der Waals surface area (Å²) in [6.45, 7) is 3.51. The third kappa shape index (κ3) is 3.87. The van der Waals surface area contributed by atoms with Gasteiger partial charge in [0.2, 0.25) is 0 Å². The van der Waals surface area contributed by atoms with Gasteiger partial charge in [-0.3, -0.25) is 4.84 Å². The van der Waals surface area contributed by atoms with Gasteiger partial charge in [0.05, 0.1) is 0 Å². The Morgan fingerprint density at radius 2 is 1.42 bits per heavy atom. The highest BCUT2D eigenvalue weighted by molar-refractivity contribution is 4.57. The van der Waals surface area contributed by atoms with Crippen molar-refractivity contribution in [3.63, 3.8) is 0 Å². The van der Waals surface area contributed by atoms with Crippen molar-refractivity contribution < 1.29 is 14.7 Å². The van der Waals surface area contributed by atoms with Crippen LogP contribution < -0.4 is 33.4 Å². The lowest BCUT2D eigenvalue weighted by atomic mass is 10.3. The molecular formula is C3H12N6O3. The summed E-state index contributed by atoms with van der Waals surface area (Å²) in [5, 5.41) is 0. The minimum absolute atomic E-state index is 0.671. The second kappa shape index (κ2) is 4.61. The van der Waals surface area contributed by atoms with Gasteiger partial charge in [-0.25, -0.2) is 5.43 Å². The van der Waals surface area contributed by atoms with Crippen LogP contribution >= 0.6 is 0 Å². The molecule has 0 radical (unpaired) electrons. The van der Waals surface area contributed by atoms with Crippen LogP contribution in [0, 0.1) is 0 Å². The molecule has 0 aromatic carbocycles. The lowest BCUT2D eigenvalue weighted by Crippen LogP contribution is -2.58. The van der Waals surface area contributed by atoms with Crippen molar-refractivity contribution in [1.29, 1.82) is 0 Å². The highest BCUT2D eigenvalue weighted by Gasteiger charge is 2.18. The fraction of sp³-hybridized carbons (Fsp3) is 1.00. The third-order valence-corrected chi connectivity index (χ3v) is 0.946. The van der Waals surface area contributed by atoms with E-state index in [-0.39, 0.29) is 0 Å². The van der Waals surface area contributed by atoms with Gasteiger partial charge in [-0.1, -0.05) is 16.8 Å². The zero-order chi connectivity index (χ0) is 8.86. The maximum Gasteiger partial charge on any atom is 0.150 e. The Labute approximate surface area is 68.8 Å². The summed E-state index contributed by atoms with van der Waals surface area (Å²) < 4.78 is 0. The van der Waals surface area contributed by atoms with E-state index in [0.29, 0.717) is 0 Å². The molecular weight excluding hydrogens is 168 g/mol. The van der Waals surface area contributed by atoms with E-state index < -0.39 is 5.72 Å². The average Bonchev–Trinajstić information content (AvgIpc) is 2.02. The van der Waals surface area contributed by atoms with Crippen LogP contribution in [0.3, 0.4) is 0 Å². The first-order valence-corrected chi connectivity index (χ1v) is 3.22. The first-order chi connectivity index (χ1) is 5.71. The van der Waals surface area contributed by atoms with Crippen molar-refractivity contribution in [1.82, 2.24) is 33.4 Å². The Morgan fingerprint density at radius 3 is 2.17 bits per heavy atom. The van der Waals surface area contributed by atoms with Crippen LogP contribution in [0.15, 0.2) is 0 Å². The molecule has 0 bridgehead atoms. The van der Waals surface area contributed by atoms with E-state index in [4.69, 9.17) is 4.84 Å². The van der Waals surface area contributed by atoms with E-state index in [1.807, 2.05) is 0 Å². The number of rotatable bonds is 0. The predicted octanol–water partition coefficient (Wildman–Crippen LogP) is -2.36. The average molecular weight is 180 g/mol. The molecule has 9 nitrogen and oxygen atoms in total. The van der Waals surface area contributed by atoms with Crippen molar-refractivity contribution in [3.05, 3.63) is 0 Å². The molecule has 9 heteroatoms. The first-order valence-electron chi connectivity index (χ1n) is 3.22. The molecule has 1 saturated heterocycles. The molecule has 0 unspecified atom stereocenters. The third-order valence-electron chi connectivity index (χ3n) is 0.946. The number of nitrogens with one attached hydrogen (secondary N) is 6. The van der Waals surface area contributed by atoms with Crippen LogP contribution in [0.1, 0.15) is 13.8 Å². The van der Waals surface area contributed by atoms with Crippen molar-refractivity contribution in [2.75, 3.05) is 0 Å². The van der Waals surface area contributed by atoms with E-state index >= 15 is 0 Å². The molecule has 0 amide bonds. The van der Waals surface area contributed by atoms with Gasteiger partial charge in [-0.05, 0) is 13.8 Å². The largest absolute Gasteiger partial charge is 0.262 e. The molecule has 6 N–H and O–H groups in total.